The van der Waals surface area contributed by atoms with Crippen molar-refractivity contribution in [3.05, 3.63) is 73.2 Å². The topological polar surface area (TPSA) is 107 Å². The molecule has 132 valence electrons. The summed E-state index contributed by atoms with van der Waals surface area (Å²) in [7, 11) is 0. The number of nitrogens with zero attached hydrogens (tertiary/aromatic N) is 3. The Hall–Kier alpha value is -2.97. The molecule has 0 atom stereocenters. The Morgan fingerprint density at radius 1 is 1.23 bits per heavy atom. The SMILES string of the molecule is O=C(Cn1cnc2ccc([N+](=O)[O-])cc2c1=O)Nc1ccc(Cl)cc1Cl. The Bertz CT molecular complexity index is 1100. The van der Waals surface area contributed by atoms with E-state index in [1.54, 1.807) is 6.07 Å². The normalized spacial score (nSPS) is 10.7. The first-order valence-corrected chi connectivity index (χ1v) is 7.99. The van der Waals surface area contributed by atoms with E-state index in [9.17, 15) is 19.7 Å². The standard InChI is InChI=1S/C16H10Cl2N4O4/c17-9-1-3-14(12(18)5-9)20-15(23)7-21-8-19-13-4-2-10(22(25)26)6-11(13)16(21)24/h1-6,8H,7H2,(H,20,23). The number of rotatable bonds is 4. The zero-order chi connectivity index (χ0) is 18.8. The molecule has 0 spiro atoms. The van der Waals surface area contributed by atoms with Gasteiger partial charge >= 0.3 is 0 Å². The molecule has 0 bridgehead atoms. The lowest BCUT2D eigenvalue weighted by Crippen LogP contribution is -2.28. The van der Waals surface area contributed by atoms with Gasteiger partial charge in [0.1, 0.15) is 6.54 Å². The molecule has 3 rings (SSSR count). The molecular weight excluding hydrogens is 383 g/mol. The van der Waals surface area contributed by atoms with E-state index in [1.807, 2.05) is 0 Å². The molecule has 10 heteroatoms. The van der Waals surface area contributed by atoms with Gasteiger partial charge in [-0.3, -0.25) is 24.3 Å². The van der Waals surface area contributed by atoms with Crippen LogP contribution in [0.15, 0.2) is 47.5 Å². The lowest BCUT2D eigenvalue weighted by Gasteiger charge is -2.09. The maximum atomic E-state index is 12.5. The van der Waals surface area contributed by atoms with Crippen molar-refractivity contribution in [3.63, 3.8) is 0 Å². The molecule has 0 aliphatic carbocycles. The van der Waals surface area contributed by atoms with Crippen LogP contribution < -0.4 is 10.9 Å². The van der Waals surface area contributed by atoms with Crippen LogP contribution in [0.2, 0.25) is 10.0 Å². The maximum Gasteiger partial charge on any atom is 0.270 e. The number of benzene rings is 2. The molecule has 2 aromatic carbocycles. The average Bonchev–Trinajstić information content (AvgIpc) is 2.59. The number of nitrogens with one attached hydrogen (secondary N) is 1. The number of carbonyl (C=O) groups excluding carboxylic acids is 1. The molecular formula is C16H10Cl2N4O4. The van der Waals surface area contributed by atoms with Crippen LogP contribution in [0.5, 0.6) is 0 Å². The summed E-state index contributed by atoms with van der Waals surface area (Å²) in [6.07, 6.45) is 1.21. The molecule has 1 N–H and O–H groups in total. The van der Waals surface area contributed by atoms with Crippen molar-refractivity contribution in [1.29, 1.82) is 0 Å². The molecule has 1 amide bonds. The van der Waals surface area contributed by atoms with Crippen LogP contribution in [0.4, 0.5) is 11.4 Å². The number of amides is 1. The second-order valence-corrected chi connectivity index (χ2v) is 6.15. The maximum absolute atomic E-state index is 12.5. The fraction of sp³-hybridized carbons (Fsp3) is 0.0625. The average molecular weight is 393 g/mol. The summed E-state index contributed by atoms with van der Waals surface area (Å²) in [5.74, 6) is -0.511. The van der Waals surface area contributed by atoms with E-state index in [4.69, 9.17) is 23.2 Å². The quantitative estimate of drug-likeness (QED) is 0.541. The van der Waals surface area contributed by atoms with Gasteiger partial charge in [0.25, 0.3) is 11.2 Å². The van der Waals surface area contributed by atoms with Crippen LogP contribution in [0, 0.1) is 10.1 Å². The third-order valence-electron chi connectivity index (χ3n) is 3.54. The Morgan fingerprint density at radius 2 is 2.00 bits per heavy atom. The number of halogens is 2. The summed E-state index contributed by atoms with van der Waals surface area (Å²) in [5.41, 5.74) is -0.140. The highest BCUT2D eigenvalue weighted by molar-refractivity contribution is 6.36. The molecule has 1 heterocycles. The van der Waals surface area contributed by atoms with Gasteiger partial charge in [-0.2, -0.15) is 0 Å². The smallest absolute Gasteiger partial charge is 0.270 e. The minimum Gasteiger partial charge on any atom is -0.323 e. The van der Waals surface area contributed by atoms with Gasteiger partial charge in [-0.25, -0.2) is 4.98 Å². The van der Waals surface area contributed by atoms with E-state index in [0.29, 0.717) is 16.2 Å². The Morgan fingerprint density at radius 3 is 2.69 bits per heavy atom. The second kappa shape index (κ2) is 7.11. The van der Waals surface area contributed by atoms with Gasteiger partial charge in [0.05, 0.1) is 32.9 Å². The highest BCUT2D eigenvalue weighted by atomic mass is 35.5. The van der Waals surface area contributed by atoms with Crippen LogP contribution in [0.1, 0.15) is 0 Å². The fourth-order valence-electron chi connectivity index (χ4n) is 2.31. The summed E-state index contributed by atoms with van der Waals surface area (Å²) < 4.78 is 1.06. The summed E-state index contributed by atoms with van der Waals surface area (Å²) in [5, 5.41) is 14.2. The monoisotopic (exact) mass is 392 g/mol. The highest BCUT2D eigenvalue weighted by Crippen LogP contribution is 2.25. The number of nitro benzene ring substituents is 1. The van der Waals surface area contributed by atoms with Gasteiger partial charge in [0.15, 0.2) is 0 Å². The number of non-ortho nitro benzene ring substituents is 1. The minimum absolute atomic E-state index is 0.0547. The van der Waals surface area contributed by atoms with Crippen molar-refractivity contribution in [2.24, 2.45) is 0 Å². The van der Waals surface area contributed by atoms with Crippen LogP contribution >= 0.6 is 23.2 Å². The number of carbonyl (C=O) groups is 1. The Labute approximate surface area is 156 Å². The first-order chi connectivity index (χ1) is 12.3. The molecule has 0 saturated carbocycles. The molecule has 26 heavy (non-hydrogen) atoms. The number of hydrogen-bond donors (Lipinski definition) is 1. The number of fused-ring (bicyclic) bond motifs is 1. The second-order valence-electron chi connectivity index (χ2n) is 5.31. The summed E-state index contributed by atoms with van der Waals surface area (Å²) in [4.78, 5) is 39.0. The van der Waals surface area contributed by atoms with Crippen LogP contribution in [-0.2, 0) is 11.3 Å². The molecule has 8 nitrogen and oxygen atoms in total. The molecule has 1 aromatic heterocycles. The van der Waals surface area contributed by atoms with Crippen molar-refractivity contribution in [3.8, 4) is 0 Å². The van der Waals surface area contributed by atoms with E-state index in [-0.39, 0.29) is 22.6 Å². The molecule has 0 aliphatic heterocycles. The first kappa shape index (κ1) is 17.8. The van der Waals surface area contributed by atoms with E-state index in [2.05, 4.69) is 10.3 Å². The predicted molar refractivity (Wildman–Crippen MR) is 97.7 cm³/mol. The molecule has 0 unspecified atom stereocenters. The van der Waals surface area contributed by atoms with Gasteiger partial charge in [-0.05, 0) is 24.3 Å². The third-order valence-corrected chi connectivity index (χ3v) is 4.09. The van der Waals surface area contributed by atoms with E-state index in [0.717, 1.165) is 10.6 Å². The van der Waals surface area contributed by atoms with Crippen LogP contribution in [0.25, 0.3) is 10.9 Å². The van der Waals surface area contributed by atoms with E-state index < -0.39 is 16.4 Å². The summed E-state index contributed by atoms with van der Waals surface area (Å²) >= 11 is 11.8. The van der Waals surface area contributed by atoms with Crippen molar-refractivity contribution in [2.45, 2.75) is 6.54 Å². The zero-order valence-electron chi connectivity index (χ0n) is 13.0. The van der Waals surface area contributed by atoms with Gasteiger partial charge < -0.3 is 5.32 Å². The lowest BCUT2D eigenvalue weighted by molar-refractivity contribution is -0.384. The number of nitro groups is 1. The largest absolute Gasteiger partial charge is 0.323 e. The molecule has 0 aliphatic rings. The highest BCUT2D eigenvalue weighted by Gasteiger charge is 2.13. The minimum atomic E-state index is -0.606. The molecule has 0 radical (unpaired) electrons. The van der Waals surface area contributed by atoms with E-state index in [1.165, 1.54) is 30.6 Å². The lowest BCUT2D eigenvalue weighted by atomic mass is 10.2. The third kappa shape index (κ3) is 3.66. The Balaban J connectivity index is 1.88. The number of anilines is 1. The summed E-state index contributed by atoms with van der Waals surface area (Å²) in [6.45, 7) is -0.330. The fourth-order valence-corrected chi connectivity index (χ4v) is 2.76. The van der Waals surface area contributed by atoms with Gasteiger partial charge in [-0.15, -0.1) is 0 Å². The first-order valence-electron chi connectivity index (χ1n) is 7.23. The van der Waals surface area contributed by atoms with Gasteiger partial charge in [-0.1, -0.05) is 23.2 Å². The van der Waals surface area contributed by atoms with Crippen LogP contribution in [0.3, 0.4) is 0 Å². The molecule has 0 saturated heterocycles. The number of hydrogen-bond acceptors (Lipinski definition) is 5. The summed E-state index contributed by atoms with van der Waals surface area (Å²) in [6, 6.07) is 8.34. The van der Waals surface area contributed by atoms with Crippen molar-refractivity contribution < 1.29 is 9.72 Å². The zero-order valence-corrected chi connectivity index (χ0v) is 14.5. The van der Waals surface area contributed by atoms with Gasteiger partial charge in [0.2, 0.25) is 5.91 Å². The molecule has 3 aromatic rings. The van der Waals surface area contributed by atoms with Crippen molar-refractivity contribution in [2.75, 3.05) is 5.32 Å². The Kier molecular flexibility index (Phi) is 4.88. The molecule has 0 fully saturated rings. The van der Waals surface area contributed by atoms with Crippen LogP contribution in [-0.4, -0.2) is 20.4 Å². The van der Waals surface area contributed by atoms with Crippen molar-refractivity contribution >= 4 is 51.4 Å². The number of aromatic nitrogens is 2. The van der Waals surface area contributed by atoms with Gasteiger partial charge in [0, 0.05) is 17.2 Å². The van der Waals surface area contributed by atoms with E-state index >= 15 is 0 Å². The van der Waals surface area contributed by atoms with Crippen molar-refractivity contribution in [1.82, 2.24) is 9.55 Å². The predicted octanol–water partition coefficient (Wildman–Crippen LogP) is 3.25.